The van der Waals surface area contributed by atoms with Crippen molar-refractivity contribution < 1.29 is 9.32 Å². The lowest BCUT2D eigenvalue weighted by Gasteiger charge is -2.26. The van der Waals surface area contributed by atoms with E-state index in [1.54, 1.807) is 29.5 Å². The summed E-state index contributed by atoms with van der Waals surface area (Å²) in [5, 5.41) is 11.6. The Bertz CT molecular complexity index is 1370. The number of nitrogens with zero attached hydrogens (tertiary/aromatic N) is 7. The van der Waals surface area contributed by atoms with Crippen LogP contribution in [0, 0.1) is 5.92 Å². The zero-order valence-electron chi connectivity index (χ0n) is 20.8. The number of hydrogen-bond donors (Lipinski definition) is 2. The molecule has 11 nitrogen and oxygen atoms in total. The molecule has 36 heavy (non-hydrogen) atoms. The van der Waals surface area contributed by atoms with Crippen LogP contribution in [0.4, 0.5) is 5.95 Å². The van der Waals surface area contributed by atoms with Crippen LogP contribution in [0.15, 0.2) is 47.6 Å². The summed E-state index contributed by atoms with van der Waals surface area (Å²) in [6.45, 7) is 8.04. The molecule has 4 aromatic rings. The average Bonchev–Trinajstić information content (AvgIpc) is 3.39. The second-order valence-corrected chi connectivity index (χ2v) is 10.4. The number of amides is 1. The lowest BCUT2D eigenvalue weighted by atomic mass is 9.77. The van der Waals surface area contributed by atoms with Crippen molar-refractivity contribution in [1.82, 2.24) is 40.2 Å². The van der Waals surface area contributed by atoms with Gasteiger partial charge in [-0.2, -0.15) is 10.1 Å². The Morgan fingerprint density at radius 1 is 1.08 bits per heavy atom. The van der Waals surface area contributed by atoms with Gasteiger partial charge < -0.3 is 15.6 Å². The molecule has 0 radical (unpaired) electrons. The first-order valence-corrected chi connectivity index (χ1v) is 11.8. The van der Waals surface area contributed by atoms with Gasteiger partial charge in [0.25, 0.3) is 5.89 Å². The summed E-state index contributed by atoms with van der Waals surface area (Å²) in [5.41, 5.74) is 8.05. The van der Waals surface area contributed by atoms with Gasteiger partial charge in [0.15, 0.2) is 5.82 Å². The molecule has 1 amide bonds. The average molecular weight is 488 g/mol. The Balaban J connectivity index is 1.37. The Morgan fingerprint density at radius 3 is 2.47 bits per heavy atom. The molecule has 4 aromatic heterocycles. The summed E-state index contributed by atoms with van der Waals surface area (Å²) in [5.74, 6) is 1.46. The third kappa shape index (κ3) is 4.81. The minimum absolute atomic E-state index is 0.106. The number of anilines is 1. The predicted molar refractivity (Wildman–Crippen MR) is 132 cm³/mol. The van der Waals surface area contributed by atoms with Crippen molar-refractivity contribution in [3.05, 3.63) is 54.5 Å². The third-order valence-electron chi connectivity index (χ3n) is 6.32. The predicted octanol–water partition coefficient (Wildman–Crippen LogP) is 3.00. The highest BCUT2D eigenvalue weighted by Gasteiger charge is 2.47. The molecule has 0 spiro atoms. The number of nitrogens with two attached hydrogens (primary N) is 1. The molecule has 1 aliphatic carbocycles. The van der Waals surface area contributed by atoms with Gasteiger partial charge in [0.1, 0.15) is 6.54 Å². The molecule has 3 N–H and O–H groups in total. The highest BCUT2D eigenvalue weighted by Crippen LogP contribution is 2.50. The SMILES string of the molecule is CC(C)(C)NC(=O)Cn1cc(-c2nc([C@@](C)(c3ccc(-c4cnc(N)nc4)nc3)C3CC3)no2)cn1. The molecular formula is C25H29N9O2. The maximum Gasteiger partial charge on any atom is 0.261 e. The van der Waals surface area contributed by atoms with Gasteiger partial charge in [0, 0.05) is 35.9 Å². The number of nitrogen functional groups attached to an aromatic ring is 1. The number of nitrogens with one attached hydrogen (secondary N) is 1. The summed E-state index contributed by atoms with van der Waals surface area (Å²) in [6, 6.07) is 3.98. The Labute approximate surface area is 208 Å². The molecule has 1 atom stereocenters. The quantitative estimate of drug-likeness (QED) is 0.401. The second-order valence-electron chi connectivity index (χ2n) is 10.4. The molecule has 1 saturated carbocycles. The molecule has 0 bridgehead atoms. The highest BCUT2D eigenvalue weighted by atomic mass is 16.5. The van der Waals surface area contributed by atoms with Crippen molar-refractivity contribution in [1.29, 1.82) is 0 Å². The van der Waals surface area contributed by atoms with E-state index in [4.69, 9.17) is 15.2 Å². The van der Waals surface area contributed by atoms with Gasteiger partial charge in [-0.05, 0) is 58.1 Å². The van der Waals surface area contributed by atoms with Crippen LogP contribution < -0.4 is 11.1 Å². The molecule has 0 aromatic carbocycles. The van der Waals surface area contributed by atoms with Crippen molar-refractivity contribution in [2.24, 2.45) is 5.92 Å². The maximum absolute atomic E-state index is 12.2. The van der Waals surface area contributed by atoms with Crippen LogP contribution in [-0.4, -0.2) is 46.3 Å². The number of hydrogen-bond acceptors (Lipinski definition) is 9. The number of rotatable bonds is 7. The van der Waals surface area contributed by atoms with Crippen LogP contribution in [0.2, 0.25) is 0 Å². The molecule has 4 heterocycles. The van der Waals surface area contributed by atoms with Gasteiger partial charge in [-0.1, -0.05) is 11.2 Å². The summed E-state index contributed by atoms with van der Waals surface area (Å²) in [4.78, 5) is 29.7. The Kier molecular flexibility index (Phi) is 5.77. The number of aromatic nitrogens is 7. The van der Waals surface area contributed by atoms with E-state index in [0.29, 0.717) is 23.2 Å². The maximum atomic E-state index is 12.2. The van der Waals surface area contributed by atoms with Crippen molar-refractivity contribution in [2.45, 2.75) is 58.0 Å². The van der Waals surface area contributed by atoms with Crippen molar-refractivity contribution in [3.63, 3.8) is 0 Å². The standard InChI is InChI=1S/C25H29N9O2/c1-24(2,3)32-20(35)14-34-13-16(11-30-34)21-31-22(33-36-21)25(4,17-5-6-17)18-7-8-19(27-12-18)15-9-28-23(26)29-10-15/h7-13,17H,5-6,14H2,1-4H3,(H,32,35)(H2,26,28,29)/t25-/m1/s1. The first-order chi connectivity index (χ1) is 17.1. The minimum atomic E-state index is -0.451. The van der Waals surface area contributed by atoms with Gasteiger partial charge in [0.05, 0.1) is 22.9 Å². The van der Waals surface area contributed by atoms with Crippen molar-refractivity contribution >= 4 is 11.9 Å². The lowest BCUT2D eigenvalue weighted by molar-refractivity contribution is -0.123. The normalized spacial score (nSPS) is 15.4. The van der Waals surface area contributed by atoms with Gasteiger partial charge in [-0.3, -0.25) is 14.5 Å². The topological polar surface area (TPSA) is 151 Å². The number of carbonyl (C=O) groups is 1. The fourth-order valence-corrected chi connectivity index (χ4v) is 4.27. The van der Waals surface area contributed by atoms with E-state index in [9.17, 15) is 4.79 Å². The van der Waals surface area contributed by atoms with E-state index < -0.39 is 5.41 Å². The fraction of sp³-hybridized carbons (Fsp3) is 0.400. The molecule has 0 aliphatic heterocycles. The van der Waals surface area contributed by atoms with Crippen LogP contribution in [0.25, 0.3) is 22.7 Å². The summed E-state index contributed by atoms with van der Waals surface area (Å²) in [6.07, 6.45) is 10.7. The number of pyridine rings is 1. The molecule has 1 fully saturated rings. The van der Waals surface area contributed by atoms with E-state index >= 15 is 0 Å². The molecule has 186 valence electrons. The van der Waals surface area contributed by atoms with Crippen LogP contribution in [0.3, 0.4) is 0 Å². The largest absolute Gasteiger partial charge is 0.368 e. The summed E-state index contributed by atoms with van der Waals surface area (Å²) < 4.78 is 7.20. The molecule has 0 unspecified atom stereocenters. The van der Waals surface area contributed by atoms with Gasteiger partial charge in [0.2, 0.25) is 11.9 Å². The van der Waals surface area contributed by atoms with Crippen LogP contribution in [0.5, 0.6) is 0 Å². The molecular weight excluding hydrogens is 458 g/mol. The third-order valence-corrected chi connectivity index (χ3v) is 6.32. The first-order valence-electron chi connectivity index (χ1n) is 11.8. The van der Waals surface area contributed by atoms with Gasteiger partial charge in [-0.25, -0.2) is 9.97 Å². The van der Waals surface area contributed by atoms with Crippen molar-refractivity contribution in [2.75, 3.05) is 5.73 Å². The van der Waals surface area contributed by atoms with E-state index in [-0.39, 0.29) is 23.9 Å². The Hall–Kier alpha value is -4.15. The van der Waals surface area contributed by atoms with E-state index in [1.165, 1.54) is 0 Å². The molecule has 1 aliphatic rings. The molecule has 11 heteroatoms. The van der Waals surface area contributed by atoms with Crippen LogP contribution in [0.1, 0.15) is 51.9 Å². The second kappa shape index (κ2) is 8.81. The monoisotopic (exact) mass is 487 g/mol. The first kappa shape index (κ1) is 23.6. The lowest BCUT2D eigenvalue weighted by Crippen LogP contribution is -2.42. The summed E-state index contributed by atoms with van der Waals surface area (Å²) in [7, 11) is 0. The highest BCUT2D eigenvalue weighted by molar-refractivity contribution is 5.76. The van der Waals surface area contributed by atoms with Crippen LogP contribution >= 0.6 is 0 Å². The molecule has 5 rings (SSSR count). The fourth-order valence-electron chi connectivity index (χ4n) is 4.27. The van der Waals surface area contributed by atoms with Gasteiger partial charge >= 0.3 is 0 Å². The van der Waals surface area contributed by atoms with Crippen molar-refractivity contribution in [3.8, 4) is 22.7 Å². The van der Waals surface area contributed by atoms with Crippen LogP contribution in [-0.2, 0) is 16.8 Å². The zero-order valence-corrected chi connectivity index (χ0v) is 20.8. The smallest absolute Gasteiger partial charge is 0.261 e. The van der Waals surface area contributed by atoms with E-state index in [2.05, 4.69) is 37.4 Å². The van der Waals surface area contributed by atoms with Gasteiger partial charge in [-0.15, -0.1) is 0 Å². The molecule has 0 saturated heterocycles. The van der Waals surface area contributed by atoms with E-state index in [1.807, 2.05) is 39.1 Å². The summed E-state index contributed by atoms with van der Waals surface area (Å²) >= 11 is 0. The number of carbonyl (C=O) groups excluding carboxylic acids is 1. The van der Waals surface area contributed by atoms with E-state index in [0.717, 1.165) is 29.7 Å². The zero-order chi connectivity index (χ0) is 25.5. The Morgan fingerprint density at radius 2 is 1.83 bits per heavy atom. The minimum Gasteiger partial charge on any atom is -0.368 e.